The molecule has 0 bridgehead atoms. The molecule has 3 N–H and O–H groups in total. The number of benzene rings is 2. The van der Waals surface area contributed by atoms with E-state index < -0.39 is 18.1 Å². The minimum atomic E-state index is -0.940. The Morgan fingerprint density at radius 3 is 2.09 bits per heavy atom. The van der Waals surface area contributed by atoms with Gasteiger partial charge < -0.3 is 20.5 Å². The van der Waals surface area contributed by atoms with E-state index in [9.17, 15) is 14.4 Å². The SMILES string of the molecule is CC(CNC(=O)OCC1c2ccccc2-c2ccccc21)CC(=O)NC(CC(=O)O)CC(C)(C)C. The zero-order valence-corrected chi connectivity index (χ0v) is 21.0. The number of hydrogen-bond acceptors (Lipinski definition) is 4. The lowest BCUT2D eigenvalue weighted by Gasteiger charge is -2.26. The fraction of sp³-hybridized carbons (Fsp3) is 0.464. The molecule has 2 atom stereocenters. The van der Waals surface area contributed by atoms with Crippen LogP contribution in [0, 0.1) is 11.3 Å². The van der Waals surface area contributed by atoms with Gasteiger partial charge in [0.25, 0.3) is 0 Å². The van der Waals surface area contributed by atoms with E-state index in [4.69, 9.17) is 9.84 Å². The molecule has 2 amide bonds. The Hall–Kier alpha value is -3.35. The first kappa shape index (κ1) is 26.3. The molecule has 2 aromatic carbocycles. The van der Waals surface area contributed by atoms with Crippen LogP contribution >= 0.6 is 0 Å². The van der Waals surface area contributed by atoms with Gasteiger partial charge in [-0.25, -0.2) is 4.79 Å². The number of nitrogens with one attached hydrogen (secondary N) is 2. The van der Waals surface area contributed by atoms with Crippen LogP contribution in [0.15, 0.2) is 48.5 Å². The Kier molecular flexibility index (Phi) is 8.54. The number of hydrogen-bond donors (Lipinski definition) is 3. The van der Waals surface area contributed by atoms with Crippen LogP contribution in [0.3, 0.4) is 0 Å². The largest absolute Gasteiger partial charge is 0.481 e. The molecule has 0 aliphatic heterocycles. The number of carboxylic acids is 1. The maximum Gasteiger partial charge on any atom is 0.407 e. The summed E-state index contributed by atoms with van der Waals surface area (Å²) >= 11 is 0. The molecule has 0 saturated heterocycles. The zero-order chi connectivity index (χ0) is 25.6. The van der Waals surface area contributed by atoms with Gasteiger partial charge in [-0.05, 0) is 40.0 Å². The average Bonchev–Trinajstić information content (AvgIpc) is 3.08. The molecule has 0 saturated carbocycles. The summed E-state index contributed by atoms with van der Waals surface area (Å²) in [6, 6.07) is 15.9. The normalized spacial score (nSPS) is 14.4. The number of alkyl carbamates (subject to hydrolysis) is 1. The van der Waals surface area contributed by atoms with Crippen molar-refractivity contribution in [2.75, 3.05) is 13.2 Å². The first-order valence-corrected chi connectivity index (χ1v) is 12.1. The van der Waals surface area contributed by atoms with Gasteiger partial charge in [-0.1, -0.05) is 76.2 Å². The van der Waals surface area contributed by atoms with E-state index in [1.165, 1.54) is 11.1 Å². The number of carbonyl (C=O) groups is 3. The van der Waals surface area contributed by atoms with E-state index in [0.717, 1.165) is 11.1 Å². The molecule has 0 aromatic heterocycles. The smallest absolute Gasteiger partial charge is 0.407 e. The van der Waals surface area contributed by atoms with E-state index >= 15 is 0 Å². The molecular weight excluding hydrogens is 444 g/mol. The first-order valence-electron chi connectivity index (χ1n) is 12.1. The molecule has 0 radical (unpaired) electrons. The monoisotopic (exact) mass is 480 g/mol. The van der Waals surface area contributed by atoms with E-state index in [1.54, 1.807) is 0 Å². The van der Waals surface area contributed by atoms with Crippen molar-refractivity contribution in [2.24, 2.45) is 11.3 Å². The summed E-state index contributed by atoms with van der Waals surface area (Å²) < 4.78 is 5.54. The van der Waals surface area contributed by atoms with Crippen LogP contribution < -0.4 is 10.6 Å². The van der Waals surface area contributed by atoms with Crippen LogP contribution in [0.2, 0.25) is 0 Å². The number of aliphatic carboxylic acids is 1. The molecule has 3 rings (SSSR count). The van der Waals surface area contributed by atoms with Crippen molar-refractivity contribution in [3.63, 3.8) is 0 Å². The molecular formula is C28H36N2O5. The highest BCUT2D eigenvalue weighted by Crippen LogP contribution is 2.44. The Bertz CT molecular complexity index is 1010. The minimum Gasteiger partial charge on any atom is -0.481 e. The van der Waals surface area contributed by atoms with E-state index in [-0.39, 0.29) is 49.2 Å². The molecule has 7 heteroatoms. The maximum absolute atomic E-state index is 12.5. The summed E-state index contributed by atoms with van der Waals surface area (Å²) in [6.07, 6.45) is 0.118. The Balaban J connectivity index is 1.46. The third kappa shape index (κ3) is 7.57. The molecule has 0 fully saturated rings. The van der Waals surface area contributed by atoms with Crippen molar-refractivity contribution < 1.29 is 24.2 Å². The molecule has 0 spiro atoms. The Labute approximate surface area is 207 Å². The lowest BCUT2D eigenvalue weighted by Crippen LogP contribution is -2.40. The minimum absolute atomic E-state index is 0.00895. The molecule has 2 aromatic rings. The third-order valence-corrected chi connectivity index (χ3v) is 6.12. The van der Waals surface area contributed by atoms with Crippen LogP contribution in [-0.4, -0.2) is 42.3 Å². The Morgan fingerprint density at radius 1 is 0.971 bits per heavy atom. The number of ether oxygens (including phenoxy) is 1. The topological polar surface area (TPSA) is 105 Å². The van der Waals surface area contributed by atoms with E-state index in [0.29, 0.717) is 6.42 Å². The van der Waals surface area contributed by atoms with Crippen molar-refractivity contribution in [1.29, 1.82) is 0 Å². The van der Waals surface area contributed by atoms with Gasteiger partial charge in [0, 0.05) is 24.9 Å². The van der Waals surface area contributed by atoms with Crippen LogP contribution in [0.25, 0.3) is 11.1 Å². The van der Waals surface area contributed by atoms with Gasteiger partial charge in [0.05, 0.1) is 6.42 Å². The predicted molar refractivity (Wildman–Crippen MR) is 135 cm³/mol. The van der Waals surface area contributed by atoms with Crippen molar-refractivity contribution in [3.05, 3.63) is 59.7 Å². The van der Waals surface area contributed by atoms with Crippen LogP contribution in [0.5, 0.6) is 0 Å². The third-order valence-electron chi connectivity index (χ3n) is 6.12. The Morgan fingerprint density at radius 2 is 1.54 bits per heavy atom. The van der Waals surface area contributed by atoms with Gasteiger partial charge in [0.2, 0.25) is 5.91 Å². The summed E-state index contributed by atoms with van der Waals surface area (Å²) in [4.78, 5) is 36.0. The van der Waals surface area contributed by atoms with Gasteiger partial charge in [0.1, 0.15) is 6.61 Å². The molecule has 0 heterocycles. The van der Waals surface area contributed by atoms with Gasteiger partial charge >= 0.3 is 12.1 Å². The summed E-state index contributed by atoms with van der Waals surface area (Å²) in [5, 5.41) is 14.7. The number of carbonyl (C=O) groups excluding carboxylic acids is 2. The maximum atomic E-state index is 12.5. The average molecular weight is 481 g/mol. The number of fused-ring (bicyclic) bond motifs is 3. The van der Waals surface area contributed by atoms with E-state index in [2.05, 4.69) is 34.9 Å². The van der Waals surface area contributed by atoms with Crippen molar-refractivity contribution in [2.45, 2.75) is 58.9 Å². The number of carboxylic acid groups (broad SMARTS) is 1. The fourth-order valence-electron chi connectivity index (χ4n) is 4.71. The molecule has 2 unspecified atom stereocenters. The second-order valence-corrected chi connectivity index (χ2v) is 10.6. The summed E-state index contributed by atoms with van der Waals surface area (Å²) in [5.41, 5.74) is 4.54. The quantitative estimate of drug-likeness (QED) is 0.446. The van der Waals surface area contributed by atoms with Gasteiger partial charge in [-0.2, -0.15) is 0 Å². The van der Waals surface area contributed by atoms with Crippen molar-refractivity contribution >= 4 is 18.0 Å². The highest BCUT2D eigenvalue weighted by Gasteiger charge is 2.29. The highest BCUT2D eigenvalue weighted by molar-refractivity contribution is 5.79. The first-order chi connectivity index (χ1) is 16.5. The molecule has 35 heavy (non-hydrogen) atoms. The fourth-order valence-corrected chi connectivity index (χ4v) is 4.71. The second-order valence-electron chi connectivity index (χ2n) is 10.6. The van der Waals surface area contributed by atoms with Crippen molar-refractivity contribution in [3.8, 4) is 11.1 Å². The van der Waals surface area contributed by atoms with E-state index in [1.807, 2.05) is 52.0 Å². The summed E-state index contributed by atoms with van der Waals surface area (Å²) in [7, 11) is 0. The van der Waals surface area contributed by atoms with Crippen LogP contribution in [0.1, 0.15) is 64.0 Å². The predicted octanol–water partition coefficient (Wildman–Crippen LogP) is 4.95. The highest BCUT2D eigenvalue weighted by atomic mass is 16.5. The molecule has 1 aliphatic rings. The second kappa shape index (κ2) is 11.4. The number of amides is 2. The lowest BCUT2D eigenvalue weighted by atomic mass is 9.87. The van der Waals surface area contributed by atoms with Crippen LogP contribution in [0.4, 0.5) is 4.79 Å². The van der Waals surface area contributed by atoms with Crippen molar-refractivity contribution in [1.82, 2.24) is 10.6 Å². The van der Waals surface area contributed by atoms with Crippen LogP contribution in [-0.2, 0) is 14.3 Å². The van der Waals surface area contributed by atoms with Gasteiger partial charge in [-0.3, -0.25) is 9.59 Å². The zero-order valence-electron chi connectivity index (χ0n) is 21.0. The molecule has 1 aliphatic carbocycles. The summed E-state index contributed by atoms with van der Waals surface area (Å²) in [5.74, 6) is -1.30. The standard InChI is InChI=1S/C28H36N2O5/c1-18(13-25(31)30-19(14-26(32)33)15-28(2,3)4)16-29-27(34)35-17-24-22-11-7-5-9-20(22)21-10-6-8-12-23(21)24/h5-12,18-19,24H,13-17H2,1-4H3,(H,29,34)(H,30,31)(H,32,33). The molecule has 188 valence electrons. The summed E-state index contributed by atoms with van der Waals surface area (Å²) in [6.45, 7) is 8.41. The van der Waals surface area contributed by atoms with Gasteiger partial charge in [0.15, 0.2) is 0 Å². The molecule has 7 nitrogen and oxygen atoms in total. The number of rotatable bonds is 10. The van der Waals surface area contributed by atoms with Gasteiger partial charge in [-0.15, -0.1) is 0 Å². The lowest BCUT2D eigenvalue weighted by molar-refractivity contribution is -0.138.